The molecule has 5 rings (SSSR count). The molecule has 208 valence electrons. The van der Waals surface area contributed by atoms with Crippen molar-refractivity contribution in [3.63, 3.8) is 0 Å². The van der Waals surface area contributed by atoms with Gasteiger partial charge in [0.05, 0.1) is 17.4 Å². The molecular weight excluding hydrogens is 516 g/mol. The van der Waals surface area contributed by atoms with E-state index in [1.165, 1.54) is 0 Å². The third-order valence-corrected chi connectivity index (χ3v) is 7.20. The van der Waals surface area contributed by atoms with Gasteiger partial charge in [-0.2, -0.15) is 5.26 Å². The number of nitrogens with zero attached hydrogens (tertiary/aromatic N) is 3. The molecule has 0 unspecified atom stereocenters. The molecule has 9 nitrogen and oxygen atoms in total. The maximum atomic E-state index is 12.9. The fourth-order valence-corrected chi connectivity index (χ4v) is 4.91. The molecule has 1 aliphatic rings. The highest BCUT2D eigenvalue weighted by atomic mass is 16.3. The SMILES string of the molecule is CCN(C(=O)c1ccc[nH]1)c1ccc(Nc2ccc(NC(=O)c3ccc(N4CCC(O)CC4)cc3)cc2C#N)cc1. The Morgan fingerprint density at radius 3 is 2.37 bits per heavy atom. The van der Waals surface area contributed by atoms with Gasteiger partial charge in [0.15, 0.2) is 0 Å². The molecule has 9 heteroatoms. The number of aromatic amines is 1. The number of nitrogens with one attached hydrogen (secondary N) is 3. The van der Waals surface area contributed by atoms with Crippen molar-refractivity contribution in [1.29, 1.82) is 5.26 Å². The van der Waals surface area contributed by atoms with Gasteiger partial charge in [0.1, 0.15) is 11.8 Å². The van der Waals surface area contributed by atoms with Gasteiger partial charge in [-0.05, 0) is 98.6 Å². The molecule has 4 aromatic rings. The van der Waals surface area contributed by atoms with Gasteiger partial charge in [-0.3, -0.25) is 9.59 Å². The minimum atomic E-state index is -0.264. The van der Waals surface area contributed by atoms with Crippen molar-refractivity contribution in [2.24, 2.45) is 0 Å². The number of amides is 2. The van der Waals surface area contributed by atoms with E-state index >= 15 is 0 Å². The second-order valence-electron chi connectivity index (χ2n) is 9.90. The minimum Gasteiger partial charge on any atom is -0.393 e. The van der Waals surface area contributed by atoms with Crippen LogP contribution in [0.4, 0.5) is 28.4 Å². The van der Waals surface area contributed by atoms with Crippen LogP contribution in [0.2, 0.25) is 0 Å². The quantitative estimate of drug-likeness (QED) is 0.230. The first-order chi connectivity index (χ1) is 19.9. The molecule has 2 amide bonds. The summed E-state index contributed by atoms with van der Waals surface area (Å²) >= 11 is 0. The Labute approximate surface area is 239 Å². The molecule has 1 aromatic heterocycles. The summed E-state index contributed by atoms with van der Waals surface area (Å²) in [6, 6.07) is 25.7. The number of nitriles is 1. The maximum absolute atomic E-state index is 12.9. The van der Waals surface area contributed by atoms with Crippen LogP contribution < -0.4 is 20.4 Å². The molecule has 1 fully saturated rings. The van der Waals surface area contributed by atoms with Crippen molar-refractivity contribution in [3.05, 3.63) is 102 Å². The lowest BCUT2D eigenvalue weighted by atomic mass is 10.1. The van der Waals surface area contributed by atoms with Crippen LogP contribution in [0.3, 0.4) is 0 Å². The first-order valence-corrected chi connectivity index (χ1v) is 13.7. The number of hydrogen-bond acceptors (Lipinski definition) is 6. The number of carbonyl (C=O) groups is 2. The summed E-state index contributed by atoms with van der Waals surface area (Å²) in [5, 5.41) is 25.6. The Hall–Kier alpha value is -5.07. The molecule has 0 spiro atoms. The highest BCUT2D eigenvalue weighted by Crippen LogP contribution is 2.27. The highest BCUT2D eigenvalue weighted by molar-refractivity contribution is 6.05. The maximum Gasteiger partial charge on any atom is 0.274 e. The summed E-state index contributed by atoms with van der Waals surface area (Å²) in [4.78, 5) is 32.5. The number of aromatic nitrogens is 1. The third kappa shape index (κ3) is 6.40. The smallest absolute Gasteiger partial charge is 0.274 e. The number of benzene rings is 3. The zero-order valence-corrected chi connectivity index (χ0v) is 22.8. The first-order valence-electron chi connectivity index (χ1n) is 13.7. The number of piperidine rings is 1. The second-order valence-corrected chi connectivity index (χ2v) is 9.90. The standard InChI is InChI=1S/C32H32N6O3/c1-2-38(32(41)30-4-3-17-34-30)27-12-7-24(8-13-27)35-29-14-9-25(20-23(29)21-33)36-31(40)22-5-10-26(11-6-22)37-18-15-28(39)16-19-37/h3-14,17,20,28,34-35,39H,2,15-16,18-19H2,1H3,(H,36,40). The van der Waals surface area contributed by atoms with E-state index in [0.29, 0.717) is 34.7 Å². The zero-order valence-electron chi connectivity index (χ0n) is 22.8. The molecule has 0 aliphatic carbocycles. The van der Waals surface area contributed by atoms with Crippen molar-refractivity contribution in [2.75, 3.05) is 40.1 Å². The normalized spacial score (nSPS) is 13.3. The predicted molar refractivity (Wildman–Crippen MR) is 161 cm³/mol. The highest BCUT2D eigenvalue weighted by Gasteiger charge is 2.18. The van der Waals surface area contributed by atoms with Gasteiger partial charge >= 0.3 is 0 Å². The van der Waals surface area contributed by atoms with Crippen LogP contribution >= 0.6 is 0 Å². The lowest BCUT2D eigenvalue weighted by Crippen LogP contribution is -2.35. The van der Waals surface area contributed by atoms with Crippen LogP contribution in [0, 0.1) is 11.3 Å². The van der Waals surface area contributed by atoms with Gasteiger partial charge in [0.2, 0.25) is 0 Å². The number of aliphatic hydroxyl groups is 1. The number of anilines is 5. The number of rotatable bonds is 8. The van der Waals surface area contributed by atoms with Gasteiger partial charge in [0, 0.05) is 54.1 Å². The lowest BCUT2D eigenvalue weighted by Gasteiger charge is -2.31. The van der Waals surface area contributed by atoms with E-state index < -0.39 is 0 Å². The molecule has 4 N–H and O–H groups in total. The average Bonchev–Trinajstić information content (AvgIpc) is 3.55. The number of hydrogen-bond donors (Lipinski definition) is 4. The van der Waals surface area contributed by atoms with Gasteiger partial charge in [0.25, 0.3) is 11.8 Å². The fraction of sp³-hybridized carbons (Fsp3) is 0.219. The molecule has 41 heavy (non-hydrogen) atoms. The molecular formula is C32H32N6O3. The van der Waals surface area contributed by atoms with Gasteiger partial charge in [-0.25, -0.2) is 0 Å². The summed E-state index contributed by atoms with van der Waals surface area (Å²) in [7, 11) is 0. The monoisotopic (exact) mass is 548 g/mol. The van der Waals surface area contributed by atoms with E-state index in [1.807, 2.05) is 43.3 Å². The van der Waals surface area contributed by atoms with Gasteiger partial charge < -0.3 is 30.5 Å². The number of carbonyl (C=O) groups excluding carboxylic acids is 2. The molecule has 1 saturated heterocycles. The Bertz CT molecular complexity index is 1530. The van der Waals surface area contributed by atoms with Crippen LogP contribution in [0.5, 0.6) is 0 Å². The lowest BCUT2D eigenvalue weighted by molar-refractivity contribution is 0.0982. The molecule has 0 saturated carbocycles. The molecule has 0 atom stereocenters. The van der Waals surface area contributed by atoms with Crippen molar-refractivity contribution in [3.8, 4) is 6.07 Å². The van der Waals surface area contributed by atoms with Crippen molar-refractivity contribution in [2.45, 2.75) is 25.9 Å². The Morgan fingerprint density at radius 1 is 1.02 bits per heavy atom. The molecule has 1 aliphatic heterocycles. The van der Waals surface area contributed by atoms with Crippen molar-refractivity contribution >= 4 is 40.3 Å². The fourth-order valence-electron chi connectivity index (χ4n) is 4.91. The van der Waals surface area contributed by atoms with Gasteiger partial charge in [-0.15, -0.1) is 0 Å². The minimum absolute atomic E-state index is 0.110. The van der Waals surface area contributed by atoms with E-state index in [-0.39, 0.29) is 17.9 Å². The molecule has 0 radical (unpaired) electrons. The van der Waals surface area contributed by atoms with E-state index in [9.17, 15) is 20.0 Å². The van der Waals surface area contributed by atoms with Crippen LogP contribution in [0.15, 0.2) is 85.1 Å². The average molecular weight is 549 g/mol. The predicted octanol–water partition coefficient (Wildman–Crippen LogP) is 5.51. The van der Waals surface area contributed by atoms with Crippen LogP contribution in [0.1, 0.15) is 46.2 Å². The van der Waals surface area contributed by atoms with Crippen molar-refractivity contribution in [1.82, 2.24) is 4.98 Å². The topological polar surface area (TPSA) is 124 Å². The number of aliphatic hydroxyl groups excluding tert-OH is 1. The van der Waals surface area contributed by atoms with Crippen LogP contribution in [-0.2, 0) is 0 Å². The zero-order chi connectivity index (χ0) is 28.8. The first kappa shape index (κ1) is 27.5. The van der Waals surface area contributed by atoms with Crippen LogP contribution in [-0.4, -0.2) is 47.6 Å². The van der Waals surface area contributed by atoms with E-state index in [1.54, 1.807) is 53.6 Å². The Balaban J connectivity index is 1.22. The van der Waals surface area contributed by atoms with Gasteiger partial charge in [-0.1, -0.05) is 0 Å². The summed E-state index contributed by atoms with van der Waals surface area (Å²) in [5.41, 5.74) is 5.09. The molecule has 0 bridgehead atoms. The largest absolute Gasteiger partial charge is 0.393 e. The molecule has 2 heterocycles. The summed E-state index contributed by atoms with van der Waals surface area (Å²) < 4.78 is 0. The second kappa shape index (κ2) is 12.4. The van der Waals surface area contributed by atoms with E-state index in [0.717, 1.165) is 43.0 Å². The molecule has 3 aromatic carbocycles. The van der Waals surface area contributed by atoms with Crippen LogP contribution in [0.25, 0.3) is 0 Å². The van der Waals surface area contributed by atoms with E-state index in [2.05, 4.69) is 26.6 Å². The van der Waals surface area contributed by atoms with Crippen molar-refractivity contribution < 1.29 is 14.7 Å². The Kier molecular flexibility index (Phi) is 8.32. The Morgan fingerprint density at radius 2 is 1.73 bits per heavy atom. The summed E-state index contributed by atoms with van der Waals surface area (Å²) in [6.07, 6.45) is 2.97. The summed E-state index contributed by atoms with van der Waals surface area (Å²) in [6.45, 7) is 4.02. The van der Waals surface area contributed by atoms with E-state index in [4.69, 9.17) is 0 Å². The third-order valence-electron chi connectivity index (χ3n) is 7.20. The number of H-pyrrole nitrogens is 1. The summed E-state index contributed by atoms with van der Waals surface area (Å²) in [5.74, 6) is -0.374.